The van der Waals surface area contributed by atoms with Gasteiger partial charge in [-0.2, -0.15) is 8.42 Å². The molecule has 2 aromatic rings. The standard InChI is InChI=1S/C11H13BrN4O2S/c1-7-4-9(12)5-13-11(7)15-19(17,18)10-6-16(3)8(2)14-10/h4-6H,1-3H3,(H,13,15). The average molecular weight is 345 g/mol. The summed E-state index contributed by atoms with van der Waals surface area (Å²) < 4.78 is 29.2. The van der Waals surface area contributed by atoms with Crippen molar-refractivity contribution in [2.24, 2.45) is 7.05 Å². The first-order valence-electron chi connectivity index (χ1n) is 5.44. The molecule has 0 aliphatic carbocycles. The first-order chi connectivity index (χ1) is 8.79. The van der Waals surface area contributed by atoms with Gasteiger partial charge in [-0.1, -0.05) is 0 Å². The van der Waals surface area contributed by atoms with Gasteiger partial charge in [0.05, 0.1) is 0 Å². The molecule has 6 nitrogen and oxygen atoms in total. The normalized spacial score (nSPS) is 11.6. The van der Waals surface area contributed by atoms with Crippen LogP contribution >= 0.6 is 15.9 Å². The monoisotopic (exact) mass is 344 g/mol. The number of aryl methyl sites for hydroxylation is 3. The van der Waals surface area contributed by atoms with Crippen LogP contribution in [-0.2, 0) is 17.1 Å². The molecule has 8 heteroatoms. The zero-order valence-corrected chi connectivity index (χ0v) is 13.1. The number of halogens is 1. The van der Waals surface area contributed by atoms with Gasteiger partial charge in [0.2, 0.25) is 0 Å². The molecule has 1 N–H and O–H groups in total. The third-order valence-electron chi connectivity index (χ3n) is 2.64. The molecule has 0 unspecified atom stereocenters. The van der Waals surface area contributed by atoms with Crippen LogP contribution in [0.3, 0.4) is 0 Å². The number of hydrogen-bond donors (Lipinski definition) is 1. The minimum Gasteiger partial charge on any atom is -0.337 e. The molecule has 0 saturated carbocycles. The van der Waals surface area contributed by atoms with Gasteiger partial charge < -0.3 is 4.57 Å². The van der Waals surface area contributed by atoms with Gasteiger partial charge in [-0.15, -0.1) is 0 Å². The molecule has 0 aliphatic rings. The summed E-state index contributed by atoms with van der Waals surface area (Å²) in [6.07, 6.45) is 3.00. The van der Waals surface area contributed by atoms with E-state index in [-0.39, 0.29) is 5.03 Å². The Morgan fingerprint density at radius 3 is 2.58 bits per heavy atom. The molecule has 0 bridgehead atoms. The SMILES string of the molecule is Cc1cc(Br)cnc1NS(=O)(=O)c1cn(C)c(C)n1. The summed E-state index contributed by atoms with van der Waals surface area (Å²) in [6, 6.07) is 1.79. The van der Waals surface area contributed by atoms with Crippen LogP contribution in [0.2, 0.25) is 0 Å². The molecular formula is C11H13BrN4O2S. The summed E-state index contributed by atoms with van der Waals surface area (Å²) in [5, 5.41) is -0.0170. The van der Waals surface area contributed by atoms with Crippen LogP contribution in [0.25, 0.3) is 0 Å². The maximum absolute atomic E-state index is 12.2. The highest BCUT2D eigenvalue weighted by Crippen LogP contribution is 2.20. The van der Waals surface area contributed by atoms with E-state index in [4.69, 9.17) is 0 Å². The van der Waals surface area contributed by atoms with Gasteiger partial charge in [-0.05, 0) is 41.4 Å². The van der Waals surface area contributed by atoms with Gasteiger partial charge in [0.1, 0.15) is 11.6 Å². The summed E-state index contributed by atoms with van der Waals surface area (Å²) in [4.78, 5) is 8.05. The zero-order valence-electron chi connectivity index (χ0n) is 10.7. The number of nitrogens with one attached hydrogen (secondary N) is 1. The van der Waals surface area contributed by atoms with E-state index in [1.165, 1.54) is 12.4 Å². The van der Waals surface area contributed by atoms with Crippen molar-refractivity contribution in [1.29, 1.82) is 0 Å². The van der Waals surface area contributed by atoms with Gasteiger partial charge in [0.15, 0.2) is 5.03 Å². The van der Waals surface area contributed by atoms with Gasteiger partial charge >= 0.3 is 0 Å². The Labute approximate surface area is 120 Å². The van der Waals surface area contributed by atoms with Gasteiger partial charge in [-0.25, -0.2) is 9.97 Å². The number of imidazole rings is 1. The molecule has 0 atom stereocenters. The number of pyridine rings is 1. The van der Waals surface area contributed by atoms with Crippen molar-refractivity contribution < 1.29 is 8.42 Å². The predicted octanol–water partition coefficient (Wildman–Crippen LogP) is 2.00. The second kappa shape index (κ2) is 4.93. The topological polar surface area (TPSA) is 76.9 Å². The Kier molecular flexibility index (Phi) is 3.64. The molecule has 2 aromatic heterocycles. The number of aromatic nitrogens is 3. The Morgan fingerprint density at radius 2 is 2.05 bits per heavy atom. The Balaban J connectivity index is 2.36. The van der Waals surface area contributed by atoms with E-state index in [1.807, 2.05) is 0 Å². The van der Waals surface area contributed by atoms with E-state index in [9.17, 15) is 8.42 Å². The average Bonchev–Trinajstić information content (AvgIpc) is 2.64. The van der Waals surface area contributed by atoms with Crippen molar-refractivity contribution in [2.45, 2.75) is 18.9 Å². The molecule has 0 spiro atoms. The fraction of sp³-hybridized carbons (Fsp3) is 0.273. The Morgan fingerprint density at radius 1 is 1.37 bits per heavy atom. The fourth-order valence-corrected chi connectivity index (χ4v) is 3.05. The molecule has 0 radical (unpaired) electrons. The van der Waals surface area contributed by atoms with Crippen LogP contribution in [0.5, 0.6) is 0 Å². The lowest BCUT2D eigenvalue weighted by atomic mass is 10.3. The summed E-state index contributed by atoms with van der Waals surface area (Å²) in [5.41, 5.74) is 0.727. The summed E-state index contributed by atoms with van der Waals surface area (Å²) in [7, 11) is -1.97. The van der Waals surface area contributed by atoms with Crippen LogP contribution in [0, 0.1) is 13.8 Å². The highest BCUT2D eigenvalue weighted by molar-refractivity contribution is 9.10. The second-order valence-corrected chi connectivity index (χ2v) is 6.71. The largest absolute Gasteiger partial charge is 0.337 e. The molecule has 2 heterocycles. The number of sulfonamides is 1. The number of hydrogen-bond acceptors (Lipinski definition) is 4. The molecule has 0 fully saturated rings. The van der Waals surface area contributed by atoms with Crippen molar-refractivity contribution in [1.82, 2.24) is 14.5 Å². The highest BCUT2D eigenvalue weighted by atomic mass is 79.9. The number of nitrogens with zero attached hydrogens (tertiary/aromatic N) is 3. The first-order valence-corrected chi connectivity index (χ1v) is 7.72. The third-order valence-corrected chi connectivity index (χ3v) is 4.28. The van der Waals surface area contributed by atoms with Gasteiger partial charge in [0.25, 0.3) is 10.0 Å². The van der Waals surface area contributed by atoms with Crippen LogP contribution in [0.15, 0.2) is 28.0 Å². The quantitative estimate of drug-likeness (QED) is 0.923. The van der Waals surface area contributed by atoms with Crippen molar-refractivity contribution in [3.63, 3.8) is 0 Å². The Hall–Kier alpha value is -1.41. The van der Waals surface area contributed by atoms with Gasteiger partial charge in [-0.3, -0.25) is 4.72 Å². The van der Waals surface area contributed by atoms with Crippen molar-refractivity contribution in [3.8, 4) is 0 Å². The van der Waals surface area contributed by atoms with Gasteiger partial charge in [0, 0.05) is 23.9 Å². The Bertz CT molecular complexity index is 705. The van der Waals surface area contributed by atoms with E-state index < -0.39 is 10.0 Å². The highest BCUT2D eigenvalue weighted by Gasteiger charge is 2.20. The lowest BCUT2D eigenvalue weighted by Crippen LogP contribution is -2.15. The minimum atomic E-state index is -3.71. The molecule has 2 rings (SSSR count). The predicted molar refractivity (Wildman–Crippen MR) is 75.4 cm³/mol. The molecule has 0 amide bonds. The number of anilines is 1. The van der Waals surface area contributed by atoms with Crippen molar-refractivity contribution >= 4 is 31.8 Å². The van der Waals surface area contributed by atoms with Crippen LogP contribution in [-0.4, -0.2) is 23.0 Å². The molecule has 102 valence electrons. The maximum atomic E-state index is 12.2. The fourth-order valence-electron chi connectivity index (χ4n) is 1.48. The van der Waals surface area contributed by atoms with Crippen LogP contribution < -0.4 is 4.72 Å². The van der Waals surface area contributed by atoms with E-state index in [0.29, 0.717) is 11.6 Å². The molecule has 0 saturated heterocycles. The smallest absolute Gasteiger partial charge is 0.282 e. The summed E-state index contributed by atoms with van der Waals surface area (Å²) >= 11 is 3.28. The second-order valence-electron chi connectivity index (χ2n) is 4.16. The molecule has 0 aliphatic heterocycles. The van der Waals surface area contributed by atoms with Crippen LogP contribution in [0.4, 0.5) is 5.82 Å². The van der Waals surface area contributed by atoms with Crippen molar-refractivity contribution in [2.75, 3.05) is 4.72 Å². The minimum absolute atomic E-state index is 0.0170. The van der Waals surface area contributed by atoms with Crippen molar-refractivity contribution in [3.05, 3.63) is 34.3 Å². The van der Waals surface area contributed by atoms with E-state index in [1.54, 1.807) is 31.5 Å². The van der Waals surface area contributed by atoms with E-state index in [0.717, 1.165) is 10.0 Å². The van der Waals surface area contributed by atoms with E-state index >= 15 is 0 Å². The molecular weight excluding hydrogens is 332 g/mol. The zero-order chi connectivity index (χ0) is 14.2. The summed E-state index contributed by atoms with van der Waals surface area (Å²) in [6.45, 7) is 3.52. The lowest BCUT2D eigenvalue weighted by Gasteiger charge is -2.07. The third kappa shape index (κ3) is 2.95. The summed E-state index contributed by atoms with van der Waals surface area (Å²) in [5.74, 6) is 0.923. The number of rotatable bonds is 3. The van der Waals surface area contributed by atoms with E-state index in [2.05, 4.69) is 30.6 Å². The van der Waals surface area contributed by atoms with Crippen LogP contribution in [0.1, 0.15) is 11.4 Å². The molecule has 0 aromatic carbocycles. The maximum Gasteiger partial charge on any atom is 0.282 e. The lowest BCUT2D eigenvalue weighted by molar-refractivity contribution is 0.597. The first kappa shape index (κ1) is 14.0. The molecule has 19 heavy (non-hydrogen) atoms.